The van der Waals surface area contributed by atoms with Crippen LogP contribution in [-0.2, 0) is 16.5 Å². The number of hydrogen-bond donors (Lipinski definition) is 0. The topological polar surface area (TPSA) is 74.4 Å². The third-order valence-corrected chi connectivity index (χ3v) is 6.32. The summed E-state index contributed by atoms with van der Waals surface area (Å²) in [7, 11) is 1.93. The Morgan fingerprint density at radius 2 is 1.81 bits per heavy atom. The van der Waals surface area contributed by atoms with Crippen LogP contribution >= 0.6 is 0 Å². The van der Waals surface area contributed by atoms with Gasteiger partial charge in [0, 0.05) is 31.7 Å². The van der Waals surface area contributed by atoms with Crippen LogP contribution in [0.3, 0.4) is 0 Å². The van der Waals surface area contributed by atoms with E-state index >= 15 is 0 Å². The number of para-hydroxylation sites is 2. The number of rotatable bonds is 2. The summed E-state index contributed by atoms with van der Waals surface area (Å²) in [5.41, 5.74) is 3.30. The third-order valence-electron chi connectivity index (χ3n) is 6.32. The van der Waals surface area contributed by atoms with Crippen molar-refractivity contribution < 1.29 is 14.3 Å². The first-order valence-corrected chi connectivity index (χ1v) is 10.5. The van der Waals surface area contributed by atoms with Crippen LogP contribution in [0.15, 0.2) is 55.0 Å². The van der Waals surface area contributed by atoms with Gasteiger partial charge in [-0.05, 0) is 30.3 Å². The zero-order chi connectivity index (χ0) is 20.9. The average Bonchev–Trinajstić information content (AvgIpc) is 3.48. The second-order valence-electron chi connectivity index (χ2n) is 8.28. The number of fused-ring (bicyclic) bond motifs is 3. The molecule has 8 nitrogen and oxygen atoms in total. The lowest BCUT2D eigenvalue weighted by atomic mass is 10.2. The summed E-state index contributed by atoms with van der Waals surface area (Å²) in [6, 6.07) is 13.8. The van der Waals surface area contributed by atoms with Crippen molar-refractivity contribution >= 4 is 28.0 Å². The lowest BCUT2D eigenvalue weighted by Crippen LogP contribution is -2.31. The Morgan fingerprint density at radius 3 is 2.61 bits per heavy atom. The normalized spacial score (nSPS) is 22.2. The van der Waals surface area contributed by atoms with Crippen molar-refractivity contribution in [2.45, 2.75) is 18.2 Å². The minimum atomic E-state index is -0.137. The molecule has 8 heteroatoms. The number of likely N-dealkylation sites (tertiary alicyclic amines) is 1. The summed E-state index contributed by atoms with van der Waals surface area (Å²) in [6.45, 7) is 2.07. The van der Waals surface area contributed by atoms with Crippen molar-refractivity contribution in [3.8, 4) is 0 Å². The lowest BCUT2D eigenvalue weighted by Gasteiger charge is -2.19. The molecule has 0 N–H and O–H groups in total. The number of nitrogens with zero attached hydrogens (tertiary/aromatic N) is 5. The molecular weight excluding hydrogens is 394 g/mol. The van der Waals surface area contributed by atoms with E-state index in [1.807, 2.05) is 54.5 Å². The van der Waals surface area contributed by atoms with Crippen molar-refractivity contribution in [3.05, 3.63) is 60.7 Å². The molecule has 0 unspecified atom stereocenters. The number of aromatic nitrogens is 4. The van der Waals surface area contributed by atoms with Gasteiger partial charge in [0.05, 0.1) is 36.6 Å². The Balaban J connectivity index is 1.17. The second kappa shape index (κ2) is 7.18. The lowest BCUT2D eigenvalue weighted by molar-refractivity contribution is -0.00461. The minimum Gasteiger partial charge on any atom is -0.371 e. The molecule has 3 aromatic heterocycles. The Morgan fingerprint density at radius 1 is 1.03 bits per heavy atom. The quantitative estimate of drug-likeness (QED) is 0.501. The molecule has 2 atom stereocenters. The van der Waals surface area contributed by atoms with E-state index < -0.39 is 0 Å². The van der Waals surface area contributed by atoms with Crippen molar-refractivity contribution in [3.63, 3.8) is 0 Å². The molecule has 6 rings (SSSR count). The van der Waals surface area contributed by atoms with Crippen molar-refractivity contribution in [1.82, 2.24) is 24.0 Å². The first-order chi connectivity index (χ1) is 15.2. The van der Waals surface area contributed by atoms with Crippen LogP contribution < -0.4 is 0 Å². The predicted molar refractivity (Wildman–Crippen MR) is 115 cm³/mol. The van der Waals surface area contributed by atoms with E-state index in [-0.39, 0.29) is 24.2 Å². The highest BCUT2D eigenvalue weighted by atomic mass is 16.6. The summed E-state index contributed by atoms with van der Waals surface area (Å²) < 4.78 is 16.5. The molecule has 0 aliphatic carbocycles. The van der Waals surface area contributed by atoms with Gasteiger partial charge in [0.2, 0.25) is 0 Å². The molecule has 158 valence electrons. The highest BCUT2D eigenvalue weighted by molar-refractivity contribution is 5.94. The highest BCUT2D eigenvalue weighted by Gasteiger charge is 2.40. The maximum atomic E-state index is 13.1. The van der Waals surface area contributed by atoms with Gasteiger partial charge in [0.1, 0.15) is 23.5 Å². The Bertz CT molecular complexity index is 1260. The fourth-order valence-electron chi connectivity index (χ4n) is 4.59. The van der Waals surface area contributed by atoms with Crippen LogP contribution in [0, 0.1) is 0 Å². The highest BCUT2D eigenvalue weighted by Crippen LogP contribution is 2.27. The standard InChI is InChI=1S/C23H23N5O3/c1-26-9-8-15-6-7-18(25-22(15)26)23(29)27-10-20-21(11-27)31-13-16(12-30-20)28-14-24-17-4-2-3-5-19(17)28/h2-9,14,16,20-21H,10-13H2,1H3/t20-,21-/m0/s1. The van der Waals surface area contributed by atoms with Crippen molar-refractivity contribution in [1.29, 1.82) is 0 Å². The molecule has 1 amide bonds. The van der Waals surface area contributed by atoms with Gasteiger partial charge in [-0.15, -0.1) is 0 Å². The van der Waals surface area contributed by atoms with Gasteiger partial charge in [-0.2, -0.15) is 0 Å². The summed E-state index contributed by atoms with van der Waals surface area (Å²) >= 11 is 0. The van der Waals surface area contributed by atoms with Gasteiger partial charge >= 0.3 is 0 Å². The first kappa shape index (κ1) is 18.5. The van der Waals surface area contributed by atoms with E-state index in [2.05, 4.69) is 20.6 Å². The smallest absolute Gasteiger partial charge is 0.272 e. The molecular formula is C23H23N5O3. The van der Waals surface area contributed by atoms with Gasteiger partial charge in [-0.3, -0.25) is 4.79 Å². The predicted octanol–water partition coefficient (Wildman–Crippen LogP) is 2.40. The van der Waals surface area contributed by atoms with E-state index in [1.165, 1.54) is 0 Å². The molecule has 0 saturated carbocycles. The molecule has 4 aromatic rings. The van der Waals surface area contributed by atoms with Gasteiger partial charge < -0.3 is 23.5 Å². The molecule has 2 aliphatic rings. The molecule has 2 fully saturated rings. The Kier molecular flexibility index (Phi) is 4.29. The molecule has 1 aromatic carbocycles. The van der Waals surface area contributed by atoms with E-state index in [4.69, 9.17) is 9.47 Å². The summed E-state index contributed by atoms with van der Waals surface area (Å²) in [5.74, 6) is -0.0828. The monoisotopic (exact) mass is 417 g/mol. The zero-order valence-electron chi connectivity index (χ0n) is 17.2. The maximum Gasteiger partial charge on any atom is 0.272 e. The van der Waals surface area contributed by atoms with Crippen LogP contribution in [0.5, 0.6) is 0 Å². The Labute approximate surface area is 179 Å². The van der Waals surface area contributed by atoms with E-state index in [1.54, 1.807) is 11.0 Å². The van der Waals surface area contributed by atoms with Crippen LogP contribution in [0.1, 0.15) is 16.5 Å². The average molecular weight is 417 g/mol. The zero-order valence-corrected chi connectivity index (χ0v) is 17.2. The molecule has 0 spiro atoms. The summed E-state index contributed by atoms with van der Waals surface area (Å²) in [6.07, 6.45) is 3.52. The molecule has 31 heavy (non-hydrogen) atoms. The Hall–Kier alpha value is -3.23. The fraction of sp³-hybridized carbons (Fsp3) is 0.348. The summed E-state index contributed by atoms with van der Waals surface area (Å²) in [5, 5.41) is 1.02. The van der Waals surface area contributed by atoms with Crippen LogP contribution in [0.2, 0.25) is 0 Å². The second-order valence-corrected chi connectivity index (χ2v) is 8.28. The minimum absolute atomic E-state index is 0.0589. The SMILES string of the molecule is Cn1ccc2ccc(C(=O)N3C[C@@H]4OCC(n5cnc6ccccc65)CO[C@H]4C3)nc21. The number of carbonyl (C=O) groups excluding carboxylic acids is 1. The third kappa shape index (κ3) is 3.10. The number of ether oxygens (including phenoxy) is 2. The number of carbonyl (C=O) groups is 1. The van der Waals surface area contributed by atoms with Crippen LogP contribution in [0.4, 0.5) is 0 Å². The van der Waals surface area contributed by atoms with Crippen LogP contribution in [-0.4, -0.2) is 68.4 Å². The number of hydrogen-bond acceptors (Lipinski definition) is 5. The molecule has 2 aliphatic heterocycles. The molecule has 0 radical (unpaired) electrons. The van der Waals surface area contributed by atoms with E-state index in [0.29, 0.717) is 32.0 Å². The number of pyridine rings is 1. The number of imidazole rings is 1. The molecule has 2 saturated heterocycles. The molecule has 5 heterocycles. The fourth-order valence-corrected chi connectivity index (χ4v) is 4.59. The van der Waals surface area contributed by atoms with Gasteiger partial charge in [-0.25, -0.2) is 9.97 Å². The number of amides is 1. The number of benzene rings is 1. The maximum absolute atomic E-state index is 13.1. The van der Waals surface area contributed by atoms with E-state index in [0.717, 1.165) is 22.1 Å². The first-order valence-electron chi connectivity index (χ1n) is 10.5. The van der Waals surface area contributed by atoms with Crippen molar-refractivity contribution in [2.75, 3.05) is 26.3 Å². The van der Waals surface area contributed by atoms with Gasteiger partial charge in [0.15, 0.2) is 0 Å². The van der Waals surface area contributed by atoms with E-state index in [9.17, 15) is 4.79 Å². The molecule has 0 bridgehead atoms. The van der Waals surface area contributed by atoms with Crippen molar-refractivity contribution in [2.24, 2.45) is 7.05 Å². The number of aryl methyl sites for hydroxylation is 1. The van der Waals surface area contributed by atoms with Gasteiger partial charge in [0.25, 0.3) is 5.91 Å². The largest absolute Gasteiger partial charge is 0.371 e. The van der Waals surface area contributed by atoms with Crippen LogP contribution in [0.25, 0.3) is 22.1 Å². The van der Waals surface area contributed by atoms with Gasteiger partial charge in [-0.1, -0.05) is 12.1 Å². The summed E-state index contributed by atoms with van der Waals surface area (Å²) in [4.78, 5) is 23.9.